The first-order chi connectivity index (χ1) is 12.4. The topological polar surface area (TPSA) is 84.5 Å². The smallest absolute Gasteiger partial charge is 0.328 e. The van der Waals surface area contributed by atoms with E-state index in [0.29, 0.717) is 11.3 Å². The average molecular weight is 354 g/mol. The van der Waals surface area contributed by atoms with E-state index in [-0.39, 0.29) is 18.1 Å². The molecule has 0 heterocycles. The molecule has 2 aromatic carbocycles. The number of carbonyl (C=O) groups excluding carboxylic acids is 3. The van der Waals surface area contributed by atoms with Crippen molar-refractivity contribution in [3.05, 3.63) is 65.2 Å². The zero-order chi connectivity index (χ0) is 19.1. The van der Waals surface area contributed by atoms with Crippen LogP contribution in [0, 0.1) is 6.92 Å². The fourth-order valence-corrected chi connectivity index (χ4v) is 2.29. The van der Waals surface area contributed by atoms with Crippen molar-refractivity contribution in [2.75, 3.05) is 11.9 Å². The highest BCUT2D eigenvalue weighted by Gasteiger charge is 2.20. The fourth-order valence-electron chi connectivity index (χ4n) is 2.29. The van der Waals surface area contributed by atoms with Crippen LogP contribution in [0.25, 0.3) is 0 Å². The summed E-state index contributed by atoms with van der Waals surface area (Å²) in [4.78, 5) is 36.6. The third kappa shape index (κ3) is 4.92. The van der Waals surface area contributed by atoms with Crippen molar-refractivity contribution in [1.29, 1.82) is 0 Å². The molecule has 0 saturated heterocycles. The number of rotatable bonds is 6. The van der Waals surface area contributed by atoms with Gasteiger partial charge in [-0.1, -0.05) is 29.8 Å². The van der Waals surface area contributed by atoms with E-state index < -0.39 is 17.9 Å². The van der Waals surface area contributed by atoms with E-state index >= 15 is 0 Å². The first-order valence-corrected chi connectivity index (χ1v) is 8.37. The fraction of sp³-hybridized carbons (Fsp3) is 0.250. The molecule has 2 aromatic rings. The van der Waals surface area contributed by atoms with Crippen LogP contribution in [-0.4, -0.2) is 30.4 Å². The molecule has 26 heavy (non-hydrogen) atoms. The van der Waals surface area contributed by atoms with Gasteiger partial charge in [0.1, 0.15) is 6.04 Å². The van der Waals surface area contributed by atoms with Crippen LogP contribution in [-0.2, 0) is 9.53 Å². The van der Waals surface area contributed by atoms with Crippen molar-refractivity contribution in [2.24, 2.45) is 0 Å². The van der Waals surface area contributed by atoms with Crippen LogP contribution in [0.3, 0.4) is 0 Å². The van der Waals surface area contributed by atoms with Crippen molar-refractivity contribution >= 4 is 23.5 Å². The Balaban J connectivity index is 2.14. The quantitative estimate of drug-likeness (QED) is 0.781. The molecule has 2 rings (SSSR count). The molecule has 6 nitrogen and oxygen atoms in total. The lowest BCUT2D eigenvalue weighted by atomic mass is 10.1. The normalized spacial score (nSPS) is 11.3. The van der Waals surface area contributed by atoms with Gasteiger partial charge in [-0.25, -0.2) is 4.79 Å². The molecule has 0 aromatic heterocycles. The molecule has 0 aliphatic heterocycles. The molecule has 0 spiro atoms. The third-order valence-electron chi connectivity index (χ3n) is 3.72. The van der Waals surface area contributed by atoms with Gasteiger partial charge in [0, 0.05) is 5.56 Å². The van der Waals surface area contributed by atoms with Crippen molar-refractivity contribution in [3.63, 3.8) is 0 Å². The van der Waals surface area contributed by atoms with E-state index in [0.717, 1.165) is 5.56 Å². The summed E-state index contributed by atoms with van der Waals surface area (Å²) in [6.07, 6.45) is 0. The molecular weight excluding hydrogens is 332 g/mol. The average Bonchev–Trinajstić information content (AvgIpc) is 2.62. The van der Waals surface area contributed by atoms with Gasteiger partial charge in [0.2, 0.25) is 0 Å². The number of para-hydroxylation sites is 1. The third-order valence-corrected chi connectivity index (χ3v) is 3.72. The van der Waals surface area contributed by atoms with E-state index in [1.165, 1.54) is 0 Å². The number of carbonyl (C=O) groups is 3. The van der Waals surface area contributed by atoms with Gasteiger partial charge in [-0.05, 0) is 45.0 Å². The molecular formula is C20H22N2O4. The van der Waals surface area contributed by atoms with Crippen molar-refractivity contribution < 1.29 is 19.1 Å². The van der Waals surface area contributed by atoms with Crippen LogP contribution in [0.5, 0.6) is 0 Å². The molecule has 0 saturated carbocycles. The monoisotopic (exact) mass is 354 g/mol. The maximum absolute atomic E-state index is 12.5. The Morgan fingerprint density at radius 1 is 1.00 bits per heavy atom. The Hall–Kier alpha value is -3.15. The maximum Gasteiger partial charge on any atom is 0.328 e. The lowest BCUT2D eigenvalue weighted by Gasteiger charge is -2.15. The number of ether oxygens (including phenoxy) is 1. The number of amides is 2. The number of aryl methyl sites for hydroxylation is 1. The second kappa shape index (κ2) is 8.80. The molecule has 0 bridgehead atoms. The molecule has 136 valence electrons. The van der Waals surface area contributed by atoms with E-state index in [1.54, 1.807) is 50.2 Å². The molecule has 0 radical (unpaired) electrons. The lowest BCUT2D eigenvalue weighted by Crippen LogP contribution is -2.39. The van der Waals surface area contributed by atoms with Crippen molar-refractivity contribution in [2.45, 2.75) is 26.8 Å². The molecule has 0 aliphatic carbocycles. The Bertz CT molecular complexity index is 800. The SMILES string of the molecule is CCOC(=O)[C@@H](C)NC(=O)c1ccccc1NC(=O)c1ccc(C)cc1. The van der Waals surface area contributed by atoms with Gasteiger partial charge in [0.15, 0.2) is 0 Å². The summed E-state index contributed by atoms with van der Waals surface area (Å²) in [6.45, 7) is 5.42. The van der Waals surface area contributed by atoms with Crippen molar-refractivity contribution in [3.8, 4) is 0 Å². The number of hydrogen-bond donors (Lipinski definition) is 2. The summed E-state index contributed by atoms with van der Waals surface area (Å²) in [6, 6.07) is 13.0. The van der Waals surface area contributed by atoms with Gasteiger partial charge in [-0.2, -0.15) is 0 Å². The molecule has 2 amide bonds. The number of hydrogen-bond acceptors (Lipinski definition) is 4. The van der Waals surface area contributed by atoms with Crippen LogP contribution < -0.4 is 10.6 Å². The molecule has 0 fully saturated rings. The first-order valence-electron chi connectivity index (χ1n) is 8.37. The van der Waals surface area contributed by atoms with Crippen molar-refractivity contribution in [1.82, 2.24) is 5.32 Å². The lowest BCUT2D eigenvalue weighted by molar-refractivity contribution is -0.144. The number of esters is 1. The highest BCUT2D eigenvalue weighted by atomic mass is 16.5. The van der Waals surface area contributed by atoms with Gasteiger partial charge >= 0.3 is 5.97 Å². The minimum atomic E-state index is -0.789. The molecule has 0 unspecified atom stereocenters. The van der Waals surface area contributed by atoms with Crippen LogP contribution in [0.2, 0.25) is 0 Å². The molecule has 6 heteroatoms. The standard InChI is InChI=1S/C20H22N2O4/c1-4-26-20(25)14(3)21-19(24)16-7-5-6-8-17(16)22-18(23)15-11-9-13(2)10-12-15/h5-12,14H,4H2,1-3H3,(H,21,24)(H,22,23)/t14-/m1/s1. The minimum absolute atomic E-state index is 0.238. The zero-order valence-electron chi connectivity index (χ0n) is 15.0. The summed E-state index contributed by atoms with van der Waals surface area (Å²) in [5.74, 6) is -1.30. The van der Waals surface area contributed by atoms with E-state index in [1.807, 2.05) is 19.1 Å². The highest BCUT2D eigenvalue weighted by Crippen LogP contribution is 2.17. The van der Waals surface area contributed by atoms with Gasteiger partial charge in [-0.15, -0.1) is 0 Å². The van der Waals surface area contributed by atoms with E-state index in [4.69, 9.17) is 4.74 Å². The van der Waals surface area contributed by atoms with Crippen LogP contribution >= 0.6 is 0 Å². The molecule has 2 N–H and O–H groups in total. The van der Waals surface area contributed by atoms with Gasteiger partial charge in [-0.3, -0.25) is 9.59 Å². The Labute approximate surface area is 152 Å². The van der Waals surface area contributed by atoms with E-state index in [9.17, 15) is 14.4 Å². The molecule has 0 aliphatic rings. The predicted octanol–water partition coefficient (Wildman–Crippen LogP) is 2.93. The van der Waals surface area contributed by atoms with Crippen LogP contribution in [0.4, 0.5) is 5.69 Å². The summed E-state index contributed by atoms with van der Waals surface area (Å²) < 4.78 is 4.88. The van der Waals surface area contributed by atoms with Gasteiger partial charge in [0.05, 0.1) is 17.9 Å². The first kappa shape index (κ1) is 19.2. The zero-order valence-corrected chi connectivity index (χ0v) is 15.0. The largest absolute Gasteiger partial charge is 0.464 e. The minimum Gasteiger partial charge on any atom is -0.464 e. The second-order valence-corrected chi connectivity index (χ2v) is 5.81. The predicted molar refractivity (Wildman–Crippen MR) is 99.1 cm³/mol. The maximum atomic E-state index is 12.5. The Morgan fingerprint density at radius 3 is 2.31 bits per heavy atom. The Morgan fingerprint density at radius 2 is 1.65 bits per heavy atom. The number of anilines is 1. The summed E-state index contributed by atoms with van der Waals surface area (Å²) in [5, 5.41) is 5.32. The number of benzene rings is 2. The second-order valence-electron chi connectivity index (χ2n) is 5.81. The summed E-state index contributed by atoms with van der Waals surface area (Å²) in [7, 11) is 0. The Kier molecular flexibility index (Phi) is 6.49. The highest BCUT2D eigenvalue weighted by molar-refractivity contribution is 6.09. The van der Waals surface area contributed by atoms with Gasteiger partial charge < -0.3 is 15.4 Å². The van der Waals surface area contributed by atoms with Crippen LogP contribution in [0.1, 0.15) is 40.1 Å². The number of nitrogens with one attached hydrogen (secondary N) is 2. The molecule has 1 atom stereocenters. The van der Waals surface area contributed by atoms with E-state index in [2.05, 4.69) is 10.6 Å². The summed E-state index contributed by atoms with van der Waals surface area (Å²) >= 11 is 0. The summed E-state index contributed by atoms with van der Waals surface area (Å²) in [5.41, 5.74) is 2.18. The van der Waals surface area contributed by atoms with Crippen LogP contribution in [0.15, 0.2) is 48.5 Å². The van der Waals surface area contributed by atoms with Gasteiger partial charge in [0.25, 0.3) is 11.8 Å².